The van der Waals surface area contributed by atoms with Gasteiger partial charge in [0.1, 0.15) is 0 Å². The molecule has 0 unspecified atom stereocenters. The summed E-state index contributed by atoms with van der Waals surface area (Å²) >= 11 is 0. The molecule has 0 aliphatic rings. The van der Waals surface area contributed by atoms with Crippen LogP contribution in [0.3, 0.4) is 0 Å². The van der Waals surface area contributed by atoms with Crippen molar-refractivity contribution in [1.29, 1.82) is 0 Å². The van der Waals surface area contributed by atoms with Crippen LogP contribution in [0.2, 0.25) is 0 Å². The predicted octanol–water partition coefficient (Wildman–Crippen LogP) is 24.1. The van der Waals surface area contributed by atoms with Crippen LogP contribution in [0.15, 0.2) is 273 Å². The topological polar surface area (TPSA) is 9.86 Å². The largest absolute Gasteiger partial charge is 0.309 e. The zero-order valence-corrected chi connectivity index (χ0v) is 51.9. The lowest BCUT2D eigenvalue weighted by atomic mass is 9.79. The first-order valence-corrected chi connectivity index (χ1v) is 31.2. The van der Waals surface area contributed by atoms with Gasteiger partial charge in [-0.25, -0.2) is 0 Å². The number of hydrogen-bond donors (Lipinski definition) is 0. The van der Waals surface area contributed by atoms with Crippen LogP contribution < -0.4 is 0 Å². The maximum atomic E-state index is 2.48. The lowest BCUT2D eigenvalue weighted by molar-refractivity contribution is 0.590. The Morgan fingerprint density at radius 1 is 0.193 bits per heavy atom. The Bertz CT molecular complexity index is 5170. The van der Waals surface area contributed by atoms with Crippen molar-refractivity contribution in [3.8, 4) is 78.1 Å². The first-order valence-electron chi connectivity index (χ1n) is 31.2. The lowest BCUT2D eigenvalue weighted by Gasteiger charge is -2.25. The van der Waals surface area contributed by atoms with E-state index in [1.54, 1.807) is 0 Å². The Hall–Kier alpha value is -10.0. The summed E-state index contributed by atoms with van der Waals surface area (Å²) in [5.74, 6) is 0. The van der Waals surface area contributed by atoms with E-state index in [4.69, 9.17) is 0 Å². The van der Waals surface area contributed by atoms with Gasteiger partial charge in [0.15, 0.2) is 0 Å². The third kappa shape index (κ3) is 9.51. The van der Waals surface area contributed by atoms with Crippen molar-refractivity contribution >= 4 is 65.2 Å². The first-order chi connectivity index (χ1) is 42.5. The summed E-state index contributed by atoms with van der Waals surface area (Å²) in [4.78, 5) is 0. The summed E-state index contributed by atoms with van der Waals surface area (Å²) in [6.45, 7) is 20.8. The van der Waals surface area contributed by atoms with Crippen molar-refractivity contribution in [2.24, 2.45) is 0 Å². The van der Waals surface area contributed by atoms with Crippen LogP contribution in [0.4, 0.5) is 0 Å². The highest BCUT2D eigenvalue weighted by atomic mass is 15.0. The molecular formula is C86H72N2. The maximum Gasteiger partial charge on any atom is 0.0541 e. The summed E-state index contributed by atoms with van der Waals surface area (Å²) in [7, 11) is 0. The Balaban J connectivity index is 0.774. The molecule has 2 aromatic heterocycles. The van der Waals surface area contributed by atoms with Crippen molar-refractivity contribution in [2.45, 2.75) is 78.6 Å². The molecular weight excluding hydrogens is 1060 g/mol. The van der Waals surface area contributed by atoms with Crippen LogP contribution in [-0.4, -0.2) is 9.13 Å². The standard InChI is InChI=1S/C86H72N2/c1-84(2,3)65-43-46-72-76(53-65)82(61-36-32-57(33-37-61)55-24-28-59(29-25-55)63-40-47-79-73(50-63)70-22-16-17-23-78(70)87(79)68-18-12-10-13-19-68)71-45-42-66(85(4,5)6)54-77(71)83(72)62-38-34-58(35-39-62)56-26-30-60(31-27-56)64-41-48-80-74(51-64)75-52-67(86(7,8)9)44-49-81(75)88(80)69-20-14-11-15-21-69/h10-54H,1-9H3. The second-order valence-electron chi connectivity index (χ2n) is 27.4. The minimum Gasteiger partial charge on any atom is -0.309 e. The van der Waals surface area contributed by atoms with Crippen LogP contribution >= 0.6 is 0 Å². The first kappa shape index (κ1) is 54.6. The second kappa shape index (κ2) is 20.9. The highest BCUT2D eigenvalue weighted by Gasteiger charge is 2.24. The number of aromatic nitrogens is 2. The summed E-state index contributed by atoms with van der Waals surface area (Å²) < 4.78 is 4.79. The normalized spacial score (nSPS) is 12.4. The fourth-order valence-corrected chi connectivity index (χ4v) is 13.7. The highest BCUT2D eigenvalue weighted by molar-refractivity contribution is 6.22. The van der Waals surface area contributed by atoms with Gasteiger partial charge in [0.2, 0.25) is 0 Å². The van der Waals surface area contributed by atoms with Gasteiger partial charge >= 0.3 is 0 Å². The number of rotatable bonds is 8. The average Bonchev–Trinajstić information content (AvgIpc) is 2.81. The minimum atomic E-state index is -0.0397. The zero-order valence-electron chi connectivity index (χ0n) is 51.9. The second-order valence-corrected chi connectivity index (χ2v) is 27.4. The lowest BCUT2D eigenvalue weighted by Crippen LogP contribution is -2.11. The molecule has 2 heterocycles. The van der Waals surface area contributed by atoms with Crippen molar-refractivity contribution in [1.82, 2.24) is 9.13 Å². The van der Waals surface area contributed by atoms with Gasteiger partial charge in [-0.05, 0) is 200 Å². The van der Waals surface area contributed by atoms with E-state index in [1.165, 1.54) is 160 Å². The minimum absolute atomic E-state index is 0.0393. The van der Waals surface area contributed by atoms with E-state index >= 15 is 0 Å². The molecule has 0 radical (unpaired) electrons. The van der Waals surface area contributed by atoms with Crippen LogP contribution in [0, 0.1) is 0 Å². The quantitative estimate of drug-likeness (QED) is 0.134. The van der Waals surface area contributed by atoms with E-state index in [9.17, 15) is 0 Å². The van der Waals surface area contributed by atoms with Crippen LogP contribution in [0.25, 0.3) is 143 Å². The molecule has 0 saturated carbocycles. The van der Waals surface area contributed by atoms with Gasteiger partial charge in [-0.15, -0.1) is 0 Å². The smallest absolute Gasteiger partial charge is 0.0541 e. The molecule has 15 aromatic rings. The molecule has 0 atom stereocenters. The Kier molecular flexibility index (Phi) is 12.9. The van der Waals surface area contributed by atoms with E-state index in [0.717, 1.165) is 0 Å². The summed E-state index contributed by atoms with van der Waals surface area (Å²) in [5, 5.41) is 10.1. The van der Waals surface area contributed by atoms with E-state index in [1.807, 2.05) is 0 Å². The van der Waals surface area contributed by atoms with Gasteiger partial charge in [-0.3, -0.25) is 0 Å². The molecule has 13 aromatic carbocycles. The van der Waals surface area contributed by atoms with Gasteiger partial charge in [-0.1, -0.05) is 256 Å². The zero-order chi connectivity index (χ0) is 60.2. The van der Waals surface area contributed by atoms with Crippen LogP contribution in [0.5, 0.6) is 0 Å². The molecule has 0 saturated heterocycles. The van der Waals surface area contributed by atoms with Gasteiger partial charge < -0.3 is 9.13 Å². The van der Waals surface area contributed by atoms with Crippen LogP contribution in [-0.2, 0) is 16.2 Å². The van der Waals surface area contributed by atoms with Crippen molar-refractivity contribution in [2.75, 3.05) is 0 Å². The van der Waals surface area contributed by atoms with Crippen molar-refractivity contribution < 1.29 is 0 Å². The summed E-state index contributed by atoms with van der Waals surface area (Å²) in [6, 6.07) is 103. The molecule has 0 N–H and O–H groups in total. The molecule has 15 rings (SSSR count). The molecule has 0 fully saturated rings. The number of hydrogen-bond acceptors (Lipinski definition) is 0. The maximum absolute atomic E-state index is 2.48. The SMILES string of the molecule is CC(C)(C)c1ccc2c(-c3ccc(-c4ccc(-c5ccc6c(c5)c5cc(C(C)(C)C)ccc5n6-c5ccccc5)cc4)cc3)c3cc(C(C)(C)C)ccc3c(-c3ccc(-c4ccc(-c5ccc6c(c5)c5ccccc5n6-c5ccccc5)cc4)cc3)c2c1. The van der Waals surface area contributed by atoms with Gasteiger partial charge in [0.25, 0.3) is 0 Å². The summed E-state index contributed by atoms with van der Waals surface area (Å²) in [5.41, 5.74) is 25.8. The Morgan fingerprint density at radius 3 is 0.852 bits per heavy atom. The average molecular weight is 1130 g/mol. The molecule has 0 aliphatic heterocycles. The molecule has 0 amide bonds. The van der Waals surface area contributed by atoms with E-state index in [2.05, 4.69) is 344 Å². The number of nitrogens with zero attached hydrogens (tertiary/aromatic N) is 2. The number of fused-ring (bicyclic) bond motifs is 8. The van der Waals surface area contributed by atoms with Gasteiger partial charge in [0, 0.05) is 32.9 Å². The molecule has 0 bridgehead atoms. The Labute approximate surface area is 517 Å². The molecule has 0 aliphatic carbocycles. The third-order valence-corrected chi connectivity index (χ3v) is 18.6. The summed E-state index contributed by atoms with van der Waals surface area (Å²) in [6.07, 6.45) is 0. The van der Waals surface area contributed by atoms with E-state index in [-0.39, 0.29) is 16.2 Å². The fraction of sp³-hybridized carbons (Fsp3) is 0.140. The van der Waals surface area contributed by atoms with Crippen LogP contribution in [0.1, 0.15) is 79.0 Å². The van der Waals surface area contributed by atoms with Gasteiger partial charge in [-0.2, -0.15) is 0 Å². The Morgan fingerprint density at radius 2 is 0.466 bits per heavy atom. The van der Waals surface area contributed by atoms with E-state index in [0.29, 0.717) is 0 Å². The third-order valence-electron chi connectivity index (χ3n) is 18.6. The molecule has 88 heavy (non-hydrogen) atoms. The number of para-hydroxylation sites is 3. The van der Waals surface area contributed by atoms with Crippen molar-refractivity contribution in [3.05, 3.63) is 290 Å². The monoisotopic (exact) mass is 1130 g/mol. The number of benzene rings is 13. The highest BCUT2D eigenvalue weighted by Crippen LogP contribution is 2.47. The fourth-order valence-electron chi connectivity index (χ4n) is 13.7. The molecule has 2 heteroatoms. The molecule has 0 spiro atoms. The van der Waals surface area contributed by atoms with E-state index < -0.39 is 0 Å². The van der Waals surface area contributed by atoms with Gasteiger partial charge in [0.05, 0.1) is 22.1 Å². The predicted molar refractivity (Wildman–Crippen MR) is 379 cm³/mol. The van der Waals surface area contributed by atoms with Crippen molar-refractivity contribution in [3.63, 3.8) is 0 Å². The molecule has 426 valence electrons. The molecule has 2 nitrogen and oxygen atoms in total.